The molecule has 6 atom stereocenters. The highest BCUT2D eigenvalue weighted by atomic mass is 31.2. The topological polar surface area (TPSA) is 104 Å². The molecule has 2 aromatic heterocycles. The van der Waals surface area contributed by atoms with E-state index in [2.05, 4.69) is 113 Å². The van der Waals surface area contributed by atoms with Gasteiger partial charge in [0.1, 0.15) is 20.6 Å². The van der Waals surface area contributed by atoms with E-state index < -0.39 is 16.6 Å². The van der Waals surface area contributed by atoms with Crippen LogP contribution in [0, 0.1) is 5.41 Å². The Bertz CT molecular complexity index is 1940. The van der Waals surface area contributed by atoms with Crippen LogP contribution >= 0.6 is 8.53 Å². The highest BCUT2D eigenvalue weighted by molar-refractivity contribution is 7.45. The number of hydrogen-bond acceptors (Lipinski definition) is 8. The van der Waals surface area contributed by atoms with Gasteiger partial charge < -0.3 is 19.1 Å². The first-order valence-corrected chi connectivity index (χ1v) is 21.8. The fourth-order valence-electron chi connectivity index (χ4n) is 8.10. The fraction of sp³-hybridized carbons (Fsp3) is 0.385. The Morgan fingerprint density at radius 3 is 2.29 bits per heavy atom. The van der Waals surface area contributed by atoms with Crippen LogP contribution in [0.15, 0.2) is 104 Å². The number of benzene rings is 3. The summed E-state index contributed by atoms with van der Waals surface area (Å²) in [6.07, 6.45) is 5.17. The van der Waals surface area contributed by atoms with Crippen molar-refractivity contribution in [2.45, 2.75) is 83.2 Å². The molecule has 5 heterocycles. The minimum absolute atomic E-state index is 0.0759. The van der Waals surface area contributed by atoms with Crippen LogP contribution < -0.4 is 15.7 Å². The van der Waals surface area contributed by atoms with Crippen molar-refractivity contribution in [1.29, 1.82) is 0 Å². The molecule has 1 N–H and O–H groups in total. The van der Waals surface area contributed by atoms with Gasteiger partial charge in [-0.3, -0.25) is 9.36 Å². The second-order valence-electron chi connectivity index (χ2n) is 15.0. The van der Waals surface area contributed by atoms with Crippen LogP contribution in [0.5, 0.6) is 0 Å². The Hall–Kier alpha value is -3.83. The van der Waals surface area contributed by atoms with Crippen molar-refractivity contribution in [3.05, 3.63) is 109 Å². The molecule has 0 spiro atoms. The van der Waals surface area contributed by atoms with E-state index in [-0.39, 0.29) is 35.9 Å². The predicted octanol–water partition coefficient (Wildman–Crippen LogP) is 6.78. The van der Waals surface area contributed by atoms with Gasteiger partial charge in [-0.25, -0.2) is 19.6 Å². The summed E-state index contributed by atoms with van der Waals surface area (Å²) in [4.78, 5) is 26.4. The monoisotopic (exact) mass is 720 g/mol. The minimum Gasteiger partial charge on any atom is -0.352 e. The van der Waals surface area contributed by atoms with Gasteiger partial charge in [0, 0.05) is 24.6 Å². The molecule has 3 aliphatic rings. The van der Waals surface area contributed by atoms with E-state index >= 15 is 0 Å². The molecule has 3 aromatic carbocycles. The van der Waals surface area contributed by atoms with Crippen LogP contribution in [0.25, 0.3) is 11.2 Å². The van der Waals surface area contributed by atoms with Gasteiger partial charge in [-0.15, -0.1) is 0 Å². The minimum atomic E-state index is -2.15. The molecular formula is C39H45N6O4PSi. The summed E-state index contributed by atoms with van der Waals surface area (Å²) in [5, 5.41) is 5.76. The third kappa shape index (κ3) is 6.67. The largest absolute Gasteiger partial charge is 0.352 e. The SMILES string of the molecule is CC[C@H]1O[C@@H](n2cnc3c(NC(=O)c4ccccc4)ncnc32)CC1OP1O[C@H](C[Si](C)(c2ccccc2)c2ccccc2)[C@@H]2CC(C)(C)CN21. The summed E-state index contributed by atoms with van der Waals surface area (Å²) in [5.41, 5.74) is 1.84. The van der Waals surface area contributed by atoms with Crippen LogP contribution in [0.2, 0.25) is 12.6 Å². The second kappa shape index (κ2) is 14.0. The lowest BCUT2D eigenvalue weighted by atomic mass is 9.89. The fourth-order valence-corrected chi connectivity index (χ4v) is 14.2. The summed E-state index contributed by atoms with van der Waals surface area (Å²) in [7, 11) is -3.43. The number of imidazole rings is 1. The quantitative estimate of drug-likeness (QED) is 0.125. The highest BCUT2D eigenvalue weighted by Gasteiger charge is 2.55. The highest BCUT2D eigenvalue weighted by Crippen LogP contribution is 2.61. The number of nitrogens with one attached hydrogen (secondary N) is 1. The number of amides is 1. The molecule has 3 fully saturated rings. The smallest absolute Gasteiger partial charge is 0.259 e. The maximum absolute atomic E-state index is 12.9. The lowest BCUT2D eigenvalue weighted by Crippen LogP contribution is -2.58. The summed E-state index contributed by atoms with van der Waals surface area (Å²) >= 11 is 0. The van der Waals surface area contributed by atoms with Gasteiger partial charge in [0.25, 0.3) is 14.4 Å². The van der Waals surface area contributed by atoms with Crippen LogP contribution in [0.1, 0.15) is 56.6 Å². The number of ether oxygens (including phenoxy) is 1. The number of rotatable bonds is 10. The standard InChI is InChI=1S/C39H45N6O4PSi/c1-5-31-32(21-34(47-31)44-26-42-35-36(40-25-41-37(35)44)43-38(46)27-15-9-6-10-16-27)48-50-45-24-39(2,3)22-30(45)33(49-50)23-51(4,28-17-11-7-12-18-28)29-19-13-8-14-20-29/h6-20,25-26,30-34H,5,21-24H2,1-4H3,(H,40,41,43,46)/t30-,31+,32?,33+,34+,50?/m0/s1. The first-order chi connectivity index (χ1) is 24.7. The van der Waals surface area contributed by atoms with Crippen molar-refractivity contribution in [3.8, 4) is 0 Å². The molecule has 10 nitrogen and oxygen atoms in total. The van der Waals surface area contributed by atoms with Crippen LogP contribution in [-0.2, 0) is 13.8 Å². The summed E-state index contributed by atoms with van der Waals surface area (Å²) in [6, 6.07) is 32.4. The van der Waals surface area contributed by atoms with Crippen molar-refractivity contribution in [3.63, 3.8) is 0 Å². The van der Waals surface area contributed by atoms with Crippen molar-refractivity contribution in [2.24, 2.45) is 5.41 Å². The number of nitrogens with zero attached hydrogens (tertiary/aromatic N) is 5. The molecule has 0 aliphatic carbocycles. The van der Waals surface area contributed by atoms with E-state index in [4.69, 9.17) is 13.8 Å². The zero-order valence-corrected chi connectivity index (χ0v) is 31.4. The van der Waals surface area contributed by atoms with Crippen LogP contribution in [-0.4, -0.2) is 69.1 Å². The van der Waals surface area contributed by atoms with E-state index in [0.29, 0.717) is 35.0 Å². The van der Waals surface area contributed by atoms with Gasteiger partial charge in [-0.1, -0.05) is 117 Å². The van der Waals surface area contributed by atoms with E-state index in [1.165, 1.54) is 16.7 Å². The molecule has 51 heavy (non-hydrogen) atoms. The van der Waals surface area contributed by atoms with E-state index in [1.54, 1.807) is 18.5 Å². The molecular weight excluding hydrogens is 676 g/mol. The zero-order chi connectivity index (χ0) is 35.2. The Morgan fingerprint density at radius 1 is 0.961 bits per heavy atom. The number of carbonyl (C=O) groups excluding carboxylic acids is 1. The number of fused-ring (bicyclic) bond motifs is 2. The van der Waals surface area contributed by atoms with Gasteiger partial charge in [0.2, 0.25) is 0 Å². The van der Waals surface area contributed by atoms with Crippen molar-refractivity contribution < 1.29 is 18.6 Å². The Morgan fingerprint density at radius 2 is 1.63 bits per heavy atom. The Balaban J connectivity index is 1.02. The van der Waals surface area contributed by atoms with E-state index in [9.17, 15) is 4.79 Å². The third-order valence-corrected chi connectivity index (χ3v) is 17.0. The average Bonchev–Trinajstić information content (AvgIpc) is 3.92. The predicted molar refractivity (Wildman–Crippen MR) is 203 cm³/mol. The first kappa shape index (κ1) is 34.3. The van der Waals surface area contributed by atoms with Crippen molar-refractivity contribution in [2.75, 3.05) is 11.9 Å². The molecule has 0 saturated carbocycles. The van der Waals surface area contributed by atoms with Gasteiger partial charge in [0.05, 0.1) is 24.6 Å². The maximum Gasteiger partial charge on any atom is 0.259 e. The number of carbonyl (C=O) groups is 1. The molecule has 8 rings (SSSR count). The number of anilines is 1. The molecule has 0 bridgehead atoms. The second-order valence-corrected chi connectivity index (χ2v) is 20.6. The van der Waals surface area contributed by atoms with Crippen molar-refractivity contribution >= 4 is 49.9 Å². The van der Waals surface area contributed by atoms with Crippen molar-refractivity contribution in [1.82, 2.24) is 24.2 Å². The van der Waals surface area contributed by atoms with Gasteiger partial charge >= 0.3 is 0 Å². The van der Waals surface area contributed by atoms with Gasteiger partial charge in [0.15, 0.2) is 17.0 Å². The molecule has 12 heteroatoms. The normalized spacial score (nSPS) is 26.0. The molecule has 3 aliphatic heterocycles. The summed E-state index contributed by atoms with van der Waals surface area (Å²) < 4.78 is 25.2. The maximum atomic E-state index is 12.9. The van der Waals surface area contributed by atoms with Crippen LogP contribution in [0.3, 0.4) is 0 Å². The number of aromatic nitrogens is 4. The lowest BCUT2D eigenvalue weighted by Gasteiger charge is -2.33. The van der Waals surface area contributed by atoms with E-state index in [0.717, 1.165) is 25.4 Å². The summed E-state index contributed by atoms with van der Waals surface area (Å²) in [6.45, 7) is 10.3. The molecule has 1 amide bonds. The third-order valence-electron chi connectivity index (χ3n) is 10.8. The van der Waals surface area contributed by atoms with Gasteiger partial charge in [-0.05, 0) is 36.4 Å². The number of hydrogen-bond donors (Lipinski definition) is 1. The first-order valence-electron chi connectivity index (χ1n) is 17.9. The van der Waals surface area contributed by atoms with Crippen LogP contribution in [0.4, 0.5) is 5.82 Å². The summed E-state index contributed by atoms with van der Waals surface area (Å²) in [5.74, 6) is 0.112. The van der Waals surface area contributed by atoms with E-state index in [1.807, 2.05) is 22.8 Å². The molecule has 2 unspecified atom stereocenters. The zero-order valence-electron chi connectivity index (χ0n) is 29.6. The molecule has 264 valence electrons. The molecule has 3 saturated heterocycles. The Labute approximate surface area is 301 Å². The molecule has 0 radical (unpaired) electrons. The Kier molecular flexibility index (Phi) is 9.37. The van der Waals surface area contributed by atoms with Gasteiger partial charge in [-0.2, -0.15) is 0 Å². The average molecular weight is 721 g/mol. The molecule has 5 aromatic rings. The lowest BCUT2D eigenvalue weighted by molar-refractivity contribution is -0.0153.